The van der Waals surface area contributed by atoms with Crippen molar-refractivity contribution in [2.24, 2.45) is 0 Å². The van der Waals surface area contributed by atoms with Gasteiger partial charge in [-0.25, -0.2) is 9.78 Å². The zero-order valence-electron chi connectivity index (χ0n) is 19.6. The second-order valence-corrected chi connectivity index (χ2v) is 9.40. The third kappa shape index (κ3) is 5.03. The Balaban J connectivity index is 1.23. The van der Waals surface area contributed by atoms with Crippen LogP contribution in [0.25, 0.3) is 15.5 Å². The number of piperazine rings is 1. The van der Waals surface area contributed by atoms with Gasteiger partial charge in [-0.1, -0.05) is 53.3 Å². The van der Waals surface area contributed by atoms with Crippen LogP contribution < -0.4 is 15.6 Å². The predicted octanol–water partition coefficient (Wildman–Crippen LogP) is 3.48. The number of para-hydroxylation sites is 2. The molecule has 1 N–H and O–H groups in total. The summed E-state index contributed by atoms with van der Waals surface area (Å²) in [5.74, 6) is 0.626. The third-order valence-corrected chi connectivity index (χ3v) is 6.95. The van der Waals surface area contributed by atoms with E-state index >= 15 is 0 Å². The van der Waals surface area contributed by atoms with Gasteiger partial charge < -0.3 is 15.0 Å². The van der Waals surface area contributed by atoms with Crippen LogP contribution >= 0.6 is 11.3 Å². The fourth-order valence-electron chi connectivity index (χ4n) is 4.03. The summed E-state index contributed by atoms with van der Waals surface area (Å²) in [5, 5.41) is 8.15. The standard InChI is InChI=1S/C25H26N6O3S/c1-17-7-9-18(10-8-17)23-28-31-22(32)15-19(26-25(31)35-23)16-29-11-13-30(14-12-29)24(33)27-20-5-3-4-6-21(20)34-2/h3-10,15H,11-14,16H2,1-2H3,(H,27,33). The molecule has 0 atom stereocenters. The maximum Gasteiger partial charge on any atom is 0.322 e. The Labute approximate surface area is 206 Å². The van der Waals surface area contributed by atoms with Crippen LogP contribution in [0, 0.1) is 6.92 Å². The van der Waals surface area contributed by atoms with E-state index in [9.17, 15) is 9.59 Å². The van der Waals surface area contributed by atoms with Gasteiger partial charge in [-0.15, -0.1) is 0 Å². The molecule has 10 heteroatoms. The number of aryl methyl sites for hydroxylation is 1. The molecule has 1 fully saturated rings. The summed E-state index contributed by atoms with van der Waals surface area (Å²) in [7, 11) is 1.58. The van der Waals surface area contributed by atoms with E-state index < -0.39 is 0 Å². The first-order valence-electron chi connectivity index (χ1n) is 11.4. The summed E-state index contributed by atoms with van der Waals surface area (Å²) in [6, 6.07) is 16.8. The Bertz CT molecular complexity index is 1410. The minimum Gasteiger partial charge on any atom is -0.495 e. The SMILES string of the molecule is COc1ccccc1NC(=O)N1CCN(Cc2cc(=O)n3nc(-c4ccc(C)cc4)sc3n2)CC1. The minimum absolute atomic E-state index is 0.153. The van der Waals surface area contributed by atoms with Gasteiger partial charge in [0.05, 0.1) is 18.5 Å². The van der Waals surface area contributed by atoms with Crippen LogP contribution in [0.2, 0.25) is 0 Å². The van der Waals surface area contributed by atoms with Gasteiger partial charge in [0.2, 0.25) is 4.96 Å². The summed E-state index contributed by atoms with van der Waals surface area (Å²) in [6.07, 6.45) is 0. The lowest BCUT2D eigenvalue weighted by Crippen LogP contribution is -2.49. The molecule has 3 heterocycles. The van der Waals surface area contributed by atoms with Crippen molar-refractivity contribution in [3.05, 3.63) is 76.2 Å². The maximum absolute atomic E-state index is 12.7. The van der Waals surface area contributed by atoms with Crippen molar-refractivity contribution in [1.82, 2.24) is 24.4 Å². The highest BCUT2D eigenvalue weighted by molar-refractivity contribution is 7.19. The number of hydrogen-bond acceptors (Lipinski definition) is 7. The van der Waals surface area contributed by atoms with Crippen LogP contribution in [-0.4, -0.2) is 63.7 Å². The van der Waals surface area contributed by atoms with E-state index in [1.807, 2.05) is 55.5 Å². The summed E-state index contributed by atoms with van der Waals surface area (Å²) in [4.78, 5) is 34.7. The second-order valence-electron chi connectivity index (χ2n) is 8.45. The van der Waals surface area contributed by atoms with Crippen LogP contribution in [0.5, 0.6) is 5.75 Å². The van der Waals surface area contributed by atoms with E-state index in [2.05, 4.69) is 15.3 Å². The van der Waals surface area contributed by atoms with Crippen LogP contribution in [0.4, 0.5) is 10.5 Å². The molecule has 2 aromatic carbocycles. The molecule has 0 unspecified atom stereocenters. The summed E-state index contributed by atoms with van der Waals surface area (Å²) in [5.41, 5.74) is 3.31. The number of anilines is 1. The number of carbonyl (C=O) groups is 1. The van der Waals surface area contributed by atoms with Crippen molar-refractivity contribution in [3.8, 4) is 16.3 Å². The number of benzene rings is 2. The molecule has 0 spiro atoms. The van der Waals surface area contributed by atoms with E-state index in [0.29, 0.717) is 54.8 Å². The molecule has 180 valence electrons. The number of amides is 2. The molecule has 0 bridgehead atoms. The summed E-state index contributed by atoms with van der Waals surface area (Å²) >= 11 is 1.41. The highest BCUT2D eigenvalue weighted by Gasteiger charge is 2.22. The van der Waals surface area contributed by atoms with Gasteiger partial charge in [-0.2, -0.15) is 9.61 Å². The van der Waals surface area contributed by atoms with Gasteiger partial charge in [0.25, 0.3) is 5.56 Å². The van der Waals surface area contributed by atoms with Crippen LogP contribution in [0.15, 0.2) is 59.4 Å². The third-order valence-electron chi connectivity index (χ3n) is 5.99. The van der Waals surface area contributed by atoms with E-state index in [1.165, 1.54) is 21.4 Å². The average Bonchev–Trinajstić information content (AvgIpc) is 3.30. The van der Waals surface area contributed by atoms with E-state index in [4.69, 9.17) is 9.72 Å². The zero-order chi connectivity index (χ0) is 24.4. The molecule has 5 rings (SSSR count). The topological polar surface area (TPSA) is 92.1 Å². The number of methoxy groups -OCH3 is 1. The zero-order valence-corrected chi connectivity index (χ0v) is 20.4. The van der Waals surface area contributed by atoms with Crippen LogP contribution in [0.1, 0.15) is 11.3 Å². The van der Waals surface area contributed by atoms with Crippen molar-refractivity contribution >= 4 is 28.0 Å². The number of hydrogen-bond donors (Lipinski definition) is 1. The molecule has 35 heavy (non-hydrogen) atoms. The van der Waals surface area contributed by atoms with Gasteiger partial charge in [0, 0.05) is 44.4 Å². The van der Waals surface area contributed by atoms with Gasteiger partial charge in [0.15, 0.2) is 0 Å². The van der Waals surface area contributed by atoms with Gasteiger partial charge in [-0.3, -0.25) is 9.69 Å². The molecule has 0 saturated carbocycles. The van der Waals surface area contributed by atoms with Gasteiger partial charge in [0.1, 0.15) is 10.8 Å². The molecule has 1 aliphatic heterocycles. The number of rotatable bonds is 5. The summed E-state index contributed by atoms with van der Waals surface area (Å²) < 4.78 is 6.67. The number of fused-ring (bicyclic) bond motifs is 1. The predicted molar refractivity (Wildman–Crippen MR) is 136 cm³/mol. The van der Waals surface area contributed by atoms with Crippen LogP contribution in [-0.2, 0) is 6.54 Å². The lowest BCUT2D eigenvalue weighted by molar-refractivity contribution is 0.142. The summed E-state index contributed by atoms with van der Waals surface area (Å²) in [6.45, 7) is 5.13. The molecule has 4 aromatic rings. The number of nitrogens with zero attached hydrogens (tertiary/aromatic N) is 5. The quantitative estimate of drug-likeness (QED) is 0.461. The first-order valence-corrected chi connectivity index (χ1v) is 12.2. The van der Waals surface area contributed by atoms with Crippen LogP contribution in [0.3, 0.4) is 0 Å². The number of nitrogens with one attached hydrogen (secondary N) is 1. The van der Waals surface area contributed by atoms with Crippen molar-refractivity contribution in [2.45, 2.75) is 13.5 Å². The number of urea groups is 1. The van der Waals surface area contributed by atoms with Crippen molar-refractivity contribution in [1.29, 1.82) is 0 Å². The number of aromatic nitrogens is 3. The lowest BCUT2D eigenvalue weighted by Gasteiger charge is -2.34. The van der Waals surface area contributed by atoms with Crippen molar-refractivity contribution in [3.63, 3.8) is 0 Å². The van der Waals surface area contributed by atoms with E-state index in [-0.39, 0.29) is 11.6 Å². The monoisotopic (exact) mass is 490 g/mol. The Morgan fingerprint density at radius 2 is 1.83 bits per heavy atom. The first kappa shape index (κ1) is 23.0. The van der Waals surface area contributed by atoms with E-state index in [1.54, 1.807) is 18.1 Å². The highest BCUT2D eigenvalue weighted by Crippen LogP contribution is 2.25. The van der Waals surface area contributed by atoms with E-state index in [0.717, 1.165) is 10.6 Å². The van der Waals surface area contributed by atoms with Crippen molar-refractivity contribution in [2.75, 3.05) is 38.6 Å². The first-order chi connectivity index (χ1) is 17.0. The smallest absolute Gasteiger partial charge is 0.322 e. The maximum atomic E-state index is 12.7. The number of ether oxygens (including phenoxy) is 1. The minimum atomic E-state index is -0.186. The second kappa shape index (κ2) is 9.85. The highest BCUT2D eigenvalue weighted by atomic mass is 32.1. The normalized spacial score (nSPS) is 14.3. The van der Waals surface area contributed by atoms with Gasteiger partial charge in [-0.05, 0) is 19.1 Å². The van der Waals surface area contributed by atoms with Crippen molar-refractivity contribution < 1.29 is 9.53 Å². The van der Waals surface area contributed by atoms with Gasteiger partial charge >= 0.3 is 6.03 Å². The Kier molecular flexibility index (Phi) is 6.47. The average molecular weight is 491 g/mol. The molecule has 2 aromatic heterocycles. The molecule has 0 radical (unpaired) electrons. The molecular formula is C25H26N6O3S. The Hall–Kier alpha value is -3.76. The molecule has 9 nitrogen and oxygen atoms in total. The Morgan fingerprint density at radius 1 is 1.09 bits per heavy atom. The largest absolute Gasteiger partial charge is 0.495 e. The molecule has 1 saturated heterocycles. The molecular weight excluding hydrogens is 464 g/mol. The lowest BCUT2D eigenvalue weighted by atomic mass is 10.2. The Morgan fingerprint density at radius 3 is 2.57 bits per heavy atom. The molecule has 0 aliphatic carbocycles. The molecule has 1 aliphatic rings. The fourth-order valence-corrected chi connectivity index (χ4v) is 4.96. The number of carbonyl (C=O) groups excluding carboxylic acids is 1. The fraction of sp³-hybridized carbons (Fsp3) is 0.280. The molecule has 2 amide bonds.